The molecule has 0 radical (unpaired) electrons. The number of benzene rings is 1. The molecular weight excluding hydrogens is 473 g/mol. The highest BCUT2D eigenvalue weighted by Gasteiger charge is 2.50. The first kappa shape index (κ1) is 24.3. The second kappa shape index (κ2) is 9.06. The Kier molecular flexibility index (Phi) is 6.47. The number of carbonyl (C=O) groups excluding carboxylic acids is 1. The number of nitrogens with one attached hydrogen (secondary N) is 1. The van der Waals surface area contributed by atoms with Gasteiger partial charge < -0.3 is 15.2 Å². The molecule has 0 bridgehead atoms. The molecule has 0 aliphatic carbocycles. The third-order valence-electron chi connectivity index (χ3n) is 5.99. The quantitative estimate of drug-likeness (QED) is 0.583. The second-order valence-corrected chi connectivity index (χ2v) is 9.45. The third-order valence-corrected chi connectivity index (χ3v) is 6.97. The number of aliphatic imine (C=N–C) groups is 2. The maximum atomic E-state index is 14.1. The van der Waals surface area contributed by atoms with Crippen molar-refractivity contribution in [1.82, 2.24) is 10.2 Å². The number of methoxy groups -OCH3 is 1. The van der Waals surface area contributed by atoms with Crippen molar-refractivity contribution in [2.24, 2.45) is 9.98 Å². The van der Waals surface area contributed by atoms with Crippen molar-refractivity contribution in [3.63, 3.8) is 0 Å². The molecule has 182 valence electrons. The second-order valence-electron chi connectivity index (χ2n) is 8.36. The van der Waals surface area contributed by atoms with Crippen LogP contribution in [0.1, 0.15) is 18.9 Å². The van der Waals surface area contributed by atoms with Gasteiger partial charge in [0.25, 0.3) is 5.92 Å². The number of carboxylic acids is 1. The number of thioether (sulfide) groups is 1. The Morgan fingerprint density at radius 1 is 1.32 bits per heavy atom. The average molecular weight is 497 g/mol. The number of aliphatic carboxylic acids is 1. The Morgan fingerprint density at radius 2 is 2.03 bits per heavy atom. The normalized spacial score (nSPS) is 26.7. The van der Waals surface area contributed by atoms with Crippen LogP contribution in [0.3, 0.4) is 0 Å². The number of alkyl halides is 2. The summed E-state index contributed by atoms with van der Waals surface area (Å²) in [6.07, 6.45) is -0.831. The number of nitrogens with zero attached hydrogens (tertiary/aromatic N) is 3. The molecule has 3 aliphatic rings. The van der Waals surface area contributed by atoms with E-state index in [2.05, 4.69) is 10.3 Å². The van der Waals surface area contributed by atoms with Crippen LogP contribution in [0.5, 0.6) is 0 Å². The van der Waals surface area contributed by atoms with Gasteiger partial charge in [-0.05, 0) is 24.6 Å². The molecule has 1 fully saturated rings. The lowest BCUT2D eigenvalue weighted by Gasteiger charge is -2.36. The van der Waals surface area contributed by atoms with Crippen molar-refractivity contribution in [3.05, 3.63) is 46.9 Å². The number of hydrogen-bond donors (Lipinski definition) is 2. The first-order chi connectivity index (χ1) is 16.0. The van der Waals surface area contributed by atoms with E-state index >= 15 is 0 Å². The number of likely N-dealkylation sites (tertiary alicyclic amines) is 1. The molecule has 34 heavy (non-hydrogen) atoms. The van der Waals surface area contributed by atoms with Crippen LogP contribution in [0.2, 0.25) is 0 Å². The van der Waals surface area contributed by atoms with Crippen LogP contribution < -0.4 is 5.32 Å². The molecule has 8 nitrogen and oxygen atoms in total. The molecule has 3 aliphatic heterocycles. The van der Waals surface area contributed by atoms with Gasteiger partial charge in [-0.1, -0.05) is 12.1 Å². The Labute approximate surface area is 198 Å². The summed E-state index contributed by atoms with van der Waals surface area (Å²) in [5.74, 6) is -4.75. The number of halogens is 3. The molecule has 0 unspecified atom stereocenters. The Hall–Kier alpha value is -2.86. The van der Waals surface area contributed by atoms with Crippen LogP contribution >= 0.6 is 11.8 Å². The number of carbonyl (C=O) groups is 2. The van der Waals surface area contributed by atoms with Gasteiger partial charge in [0, 0.05) is 31.0 Å². The lowest BCUT2D eigenvalue weighted by Crippen LogP contribution is -2.48. The van der Waals surface area contributed by atoms with Gasteiger partial charge in [-0.2, -0.15) is 0 Å². The van der Waals surface area contributed by atoms with Crippen molar-refractivity contribution in [2.45, 2.75) is 30.8 Å². The van der Waals surface area contributed by atoms with Gasteiger partial charge in [-0.3, -0.25) is 14.7 Å². The van der Waals surface area contributed by atoms with Gasteiger partial charge >= 0.3 is 11.9 Å². The molecular formula is C22H23F3N4O4S. The minimum atomic E-state index is -3.19. The summed E-state index contributed by atoms with van der Waals surface area (Å²) in [4.78, 5) is 35.0. The van der Waals surface area contributed by atoms with E-state index in [1.807, 2.05) is 0 Å². The minimum Gasteiger partial charge on any atom is -0.480 e. The van der Waals surface area contributed by atoms with E-state index in [-0.39, 0.29) is 17.8 Å². The lowest BCUT2D eigenvalue weighted by molar-refractivity contribution is -0.142. The van der Waals surface area contributed by atoms with Gasteiger partial charge in [-0.15, -0.1) is 11.8 Å². The number of amidine groups is 1. The minimum absolute atomic E-state index is 0.0216. The van der Waals surface area contributed by atoms with Crippen molar-refractivity contribution in [2.75, 3.05) is 32.5 Å². The first-order valence-corrected chi connectivity index (χ1v) is 11.5. The molecule has 0 aromatic heterocycles. The standard InChI is InChI=1S/C22H23F3N4O4S/c1-21(12-3-5-13(23)6-4-12)16(20(32)33-2)14(27-17(28-21)18-26-7-8-34-18)10-29-11-22(24,25)9-15(29)19(30)31/h3-6,15H,7-11H2,1-2H3,(H,27,28)(H,30,31)/t15-,21-/m0/s1. The third kappa shape index (κ3) is 4.56. The maximum absolute atomic E-state index is 14.1. The monoisotopic (exact) mass is 496 g/mol. The highest BCUT2D eigenvalue weighted by molar-refractivity contribution is 8.16. The van der Waals surface area contributed by atoms with Gasteiger partial charge in [0.1, 0.15) is 22.4 Å². The number of ether oxygens (including phenoxy) is 1. The van der Waals surface area contributed by atoms with Gasteiger partial charge in [-0.25, -0.2) is 23.0 Å². The number of carboxylic acid groups (broad SMARTS) is 1. The molecule has 0 saturated carbocycles. The molecule has 2 atom stereocenters. The summed E-state index contributed by atoms with van der Waals surface area (Å²) >= 11 is 1.44. The Morgan fingerprint density at radius 3 is 2.62 bits per heavy atom. The summed E-state index contributed by atoms with van der Waals surface area (Å²) in [5, 5.41) is 13.1. The van der Waals surface area contributed by atoms with E-state index < -0.39 is 48.2 Å². The molecule has 2 N–H and O–H groups in total. The summed E-state index contributed by atoms with van der Waals surface area (Å²) < 4.78 is 46.9. The van der Waals surface area contributed by atoms with Crippen LogP contribution in [-0.4, -0.2) is 77.3 Å². The zero-order valence-corrected chi connectivity index (χ0v) is 19.3. The lowest BCUT2D eigenvalue weighted by atomic mass is 9.82. The van der Waals surface area contributed by atoms with E-state index in [0.29, 0.717) is 23.0 Å². The highest BCUT2D eigenvalue weighted by atomic mass is 32.2. The van der Waals surface area contributed by atoms with Crippen LogP contribution in [0.25, 0.3) is 0 Å². The number of rotatable bonds is 6. The Bertz CT molecular complexity index is 1110. The summed E-state index contributed by atoms with van der Waals surface area (Å²) in [5.41, 5.74) is -0.698. The van der Waals surface area contributed by atoms with E-state index in [9.17, 15) is 27.9 Å². The van der Waals surface area contributed by atoms with Crippen molar-refractivity contribution >= 4 is 34.6 Å². The van der Waals surface area contributed by atoms with E-state index in [1.54, 1.807) is 6.92 Å². The first-order valence-electron chi connectivity index (χ1n) is 10.5. The molecule has 4 rings (SSSR count). The molecule has 1 saturated heterocycles. The summed E-state index contributed by atoms with van der Waals surface area (Å²) in [7, 11) is 1.18. The SMILES string of the molecule is COC(=O)C1=C(CN2CC(F)(F)C[C@H]2C(=O)O)NC(C2=NCCS2)=N[C@@]1(C)c1ccc(F)cc1. The van der Waals surface area contributed by atoms with Crippen LogP contribution in [0, 0.1) is 5.82 Å². The topological polar surface area (TPSA) is 104 Å². The van der Waals surface area contributed by atoms with Crippen LogP contribution in [0.4, 0.5) is 13.2 Å². The maximum Gasteiger partial charge on any atom is 0.338 e. The fraction of sp³-hybridized carbons (Fsp3) is 0.455. The number of esters is 1. The fourth-order valence-corrected chi connectivity index (χ4v) is 5.20. The summed E-state index contributed by atoms with van der Waals surface area (Å²) in [6.45, 7) is 1.14. The molecule has 12 heteroatoms. The number of hydrogen-bond acceptors (Lipinski definition) is 8. The van der Waals surface area contributed by atoms with E-state index in [1.165, 1.54) is 43.1 Å². The van der Waals surface area contributed by atoms with Gasteiger partial charge in [0.15, 0.2) is 5.84 Å². The van der Waals surface area contributed by atoms with Crippen LogP contribution in [-0.2, 0) is 19.9 Å². The molecule has 1 aromatic rings. The van der Waals surface area contributed by atoms with Gasteiger partial charge in [0.2, 0.25) is 0 Å². The van der Waals surface area contributed by atoms with Crippen molar-refractivity contribution < 1.29 is 32.6 Å². The average Bonchev–Trinajstić information content (AvgIpc) is 3.41. The van der Waals surface area contributed by atoms with Crippen LogP contribution in [0.15, 0.2) is 45.5 Å². The molecule has 1 aromatic carbocycles. The van der Waals surface area contributed by atoms with Gasteiger partial charge in [0.05, 0.1) is 19.2 Å². The predicted octanol–water partition coefficient (Wildman–Crippen LogP) is 2.41. The molecule has 0 amide bonds. The predicted molar refractivity (Wildman–Crippen MR) is 121 cm³/mol. The fourth-order valence-electron chi connectivity index (χ4n) is 4.41. The smallest absolute Gasteiger partial charge is 0.338 e. The van der Waals surface area contributed by atoms with E-state index in [0.717, 1.165) is 10.7 Å². The molecule has 0 spiro atoms. The van der Waals surface area contributed by atoms with Crippen molar-refractivity contribution in [3.8, 4) is 0 Å². The Balaban J connectivity index is 1.85. The molecule has 3 heterocycles. The zero-order valence-electron chi connectivity index (χ0n) is 18.5. The zero-order chi connectivity index (χ0) is 24.7. The highest BCUT2D eigenvalue weighted by Crippen LogP contribution is 2.40. The van der Waals surface area contributed by atoms with E-state index in [4.69, 9.17) is 9.73 Å². The van der Waals surface area contributed by atoms with Crippen molar-refractivity contribution in [1.29, 1.82) is 0 Å². The largest absolute Gasteiger partial charge is 0.480 e. The summed E-state index contributed by atoms with van der Waals surface area (Å²) in [6, 6.07) is 4.00.